The van der Waals surface area contributed by atoms with E-state index < -0.39 is 10.0 Å². The van der Waals surface area contributed by atoms with Gasteiger partial charge in [0, 0.05) is 43.4 Å². The quantitative estimate of drug-likeness (QED) is 0.661. The van der Waals surface area contributed by atoms with Crippen molar-refractivity contribution < 1.29 is 13.2 Å². The number of hydrogen-bond donors (Lipinski definition) is 1. The minimum absolute atomic E-state index is 0.241. The van der Waals surface area contributed by atoms with Crippen LogP contribution in [0.25, 0.3) is 0 Å². The summed E-state index contributed by atoms with van der Waals surface area (Å²) in [4.78, 5) is 4.97. The van der Waals surface area contributed by atoms with Crippen molar-refractivity contribution in [3.63, 3.8) is 0 Å². The van der Waals surface area contributed by atoms with Crippen LogP contribution in [-0.2, 0) is 10.0 Å². The van der Waals surface area contributed by atoms with E-state index in [-0.39, 0.29) is 4.90 Å². The zero-order valence-corrected chi connectivity index (χ0v) is 17.5. The molecule has 1 aliphatic heterocycles. The van der Waals surface area contributed by atoms with Crippen LogP contribution < -0.4 is 14.4 Å². The first-order valence-electron chi connectivity index (χ1n) is 9.34. The number of nitrogens with zero attached hydrogens (tertiary/aromatic N) is 2. The highest BCUT2D eigenvalue weighted by Crippen LogP contribution is 2.20. The highest BCUT2D eigenvalue weighted by atomic mass is 35.5. The van der Waals surface area contributed by atoms with E-state index in [2.05, 4.69) is 26.7 Å². The third kappa shape index (κ3) is 5.61. The summed E-state index contributed by atoms with van der Waals surface area (Å²) >= 11 is 5.81. The third-order valence-electron chi connectivity index (χ3n) is 4.88. The Bertz CT molecular complexity index is 849. The molecule has 1 heterocycles. The van der Waals surface area contributed by atoms with Gasteiger partial charge in [-0.2, -0.15) is 0 Å². The van der Waals surface area contributed by atoms with Crippen molar-refractivity contribution in [2.24, 2.45) is 0 Å². The van der Waals surface area contributed by atoms with E-state index in [1.54, 1.807) is 19.2 Å². The van der Waals surface area contributed by atoms with Gasteiger partial charge in [0.2, 0.25) is 10.0 Å². The molecule has 0 aliphatic carbocycles. The molecule has 28 heavy (non-hydrogen) atoms. The average molecular weight is 424 g/mol. The summed E-state index contributed by atoms with van der Waals surface area (Å²) < 4.78 is 32.4. The van der Waals surface area contributed by atoms with Crippen molar-refractivity contribution >= 4 is 27.3 Å². The standard InChI is InChI=1S/C20H26ClN3O3S/c1-27-19-7-5-18(6-8-19)24-15-13-23(14-16-24)12-2-11-22-28(25,26)20-9-3-17(21)4-10-20/h3-10,22H,2,11-16H2,1H3. The molecular formula is C20H26ClN3O3S. The molecular weight excluding hydrogens is 398 g/mol. The van der Waals surface area contributed by atoms with Crippen LogP contribution in [0, 0.1) is 0 Å². The first kappa shape index (κ1) is 20.9. The Hall–Kier alpha value is -1.80. The fourth-order valence-electron chi connectivity index (χ4n) is 3.23. The van der Waals surface area contributed by atoms with Gasteiger partial charge in [0.1, 0.15) is 5.75 Å². The molecule has 0 unspecified atom stereocenters. The summed E-state index contributed by atoms with van der Waals surface area (Å²) in [6.07, 6.45) is 0.773. The van der Waals surface area contributed by atoms with Crippen LogP contribution >= 0.6 is 11.6 Å². The summed E-state index contributed by atoms with van der Waals surface area (Å²) in [5, 5.41) is 0.521. The summed E-state index contributed by atoms with van der Waals surface area (Å²) in [6.45, 7) is 5.15. The molecule has 0 atom stereocenters. The number of piperazine rings is 1. The van der Waals surface area contributed by atoms with E-state index >= 15 is 0 Å². The average Bonchev–Trinajstić information content (AvgIpc) is 2.72. The Balaban J connectivity index is 1.39. The van der Waals surface area contributed by atoms with Crippen LogP contribution in [-0.4, -0.2) is 59.7 Å². The van der Waals surface area contributed by atoms with Crippen LogP contribution in [0.5, 0.6) is 5.75 Å². The molecule has 0 amide bonds. The molecule has 2 aromatic rings. The Labute approximate surface area is 172 Å². The molecule has 0 bridgehead atoms. The molecule has 0 radical (unpaired) electrons. The van der Waals surface area contributed by atoms with Crippen LogP contribution in [0.1, 0.15) is 6.42 Å². The summed E-state index contributed by atoms with van der Waals surface area (Å²) in [7, 11) is -1.81. The van der Waals surface area contributed by atoms with Crippen molar-refractivity contribution in [2.75, 3.05) is 51.3 Å². The lowest BCUT2D eigenvalue weighted by molar-refractivity contribution is 0.255. The highest BCUT2D eigenvalue weighted by Gasteiger charge is 2.18. The smallest absolute Gasteiger partial charge is 0.240 e. The van der Waals surface area contributed by atoms with Crippen LogP contribution in [0.2, 0.25) is 5.02 Å². The van der Waals surface area contributed by atoms with Gasteiger partial charge in [-0.15, -0.1) is 0 Å². The maximum atomic E-state index is 12.3. The molecule has 8 heteroatoms. The van der Waals surface area contributed by atoms with Crippen LogP contribution in [0.3, 0.4) is 0 Å². The predicted molar refractivity (Wildman–Crippen MR) is 113 cm³/mol. The second-order valence-corrected chi connectivity index (χ2v) is 8.94. The van der Waals surface area contributed by atoms with Crippen molar-refractivity contribution in [1.29, 1.82) is 0 Å². The van der Waals surface area contributed by atoms with Gasteiger partial charge in [-0.1, -0.05) is 11.6 Å². The van der Waals surface area contributed by atoms with E-state index in [0.717, 1.165) is 44.9 Å². The number of rotatable bonds is 8. The first-order chi connectivity index (χ1) is 13.5. The molecule has 1 aliphatic rings. The second-order valence-electron chi connectivity index (χ2n) is 6.73. The molecule has 0 aromatic heterocycles. The largest absolute Gasteiger partial charge is 0.497 e. The van der Waals surface area contributed by atoms with Gasteiger partial charge >= 0.3 is 0 Å². The van der Waals surface area contributed by atoms with Crippen molar-refractivity contribution in [3.05, 3.63) is 53.6 Å². The molecule has 1 N–H and O–H groups in total. The van der Waals surface area contributed by atoms with Gasteiger partial charge in [0.15, 0.2) is 0 Å². The minimum Gasteiger partial charge on any atom is -0.497 e. The Morgan fingerprint density at radius 2 is 1.64 bits per heavy atom. The zero-order valence-electron chi connectivity index (χ0n) is 16.0. The minimum atomic E-state index is -3.48. The van der Waals surface area contributed by atoms with E-state index in [4.69, 9.17) is 16.3 Å². The first-order valence-corrected chi connectivity index (χ1v) is 11.2. The number of benzene rings is 2. The van der Waals surface area contributed by atoms with Gasteiger partial charge in [0.05, 0.1) is 12.0 Å². The maximum absolute atomic E-state index is 12.3. The summed E-state index contributed by atoms with van der Waals surface area (Å²) in [5.74, 6) is 0.864. The van der Waals surface area contributed by atoms with Gasteiger partial charge < -0.3 is 9.64 Å². The molecule has 0 spiro atoms. The van der Waals surface area contributed by atoms with Crippen molar-refractivity contribution in [2.45, 2.75) is 11.3 Å². The van der Waals surface area contributed by atoms with Crippen molar-refractivity contribution in [3.8, 4) is 5.75 Å². The van der Waals surface area contributed by atoms with Crippen molar-refractivity contribution in [1.82, 2.24) is 9.62 Å². The van der Waals surface area contributed by atoms with E-state index in [1.165, 1.54) is 17.8 Å². The second kappa shape index (κ2) is 9.60. The van der Waals surface area contributed by atoms with Gasteiger partial charge in [-0.05, 0) is 61.5 Å². The van der Waals surface area contributed by atoms with Gasteiger partial charge in [0.25, 0.3) is 0 Å². The topological polar surface area (TPSA) is 61.9 Å². The predicted octanol–water partition coefficient (Wildman–Crippen LogP) is 2.84. The molecule has 3 rings (SSSR count). The van der Waals surface area contributed by atoms with Crippen LogP contribution in [0.4, 0.5) is 5.69 Å². The molecule has 152 valence electrons. The van der Waals surface area contributed by atoms with Crippen LogP contribution in [0.15, 0.2) is 53.4 Å². The highest BCUT2D eigenvalue weighted by molar-refractivity contribution is 7.89. The Morgan fingerprint density at radius 3 is 2.25 bits per heavy atom. The lowest BCUT2D eigenvalue weighted by Crippen LogP contribution is -2.47. The zero-order chi connectivity index (χ0) is 20.0. The maximum Gasteiger partial charge on any atom is 0.240 e. The normalized spacial score (nSPS) is 15.6. The lowest BCUT2D eigenvalue weighted by atomic mass is 10.2. The van der Waals surface area contributed by atoms with Gasteiger partial charge in [-0.25, -0.2) is 13.1 Å². The molecule has 1 saturated heterocycles. The number of ether oxygens (including phenoxy) is 1. The number of anilines is 1. The number of hydrogen-bond acceptors (Lipinski definition) is 5. The third-order valence-corrected chi connectivity index (χ3v) is 6.61. The van der Waals surface area contributed by atoms with Gasteiger partial charge in [-0.3, -0.25) is 4.90 Å². The Morgan fingerprint density at radius 1 is 1.00 bits per heavy atom. The van der Waals surface area contributed by atoms with E-state index in [9.17, 15) is 8.42 Å². The molecule has 1 fully saturated rings. The lowest BCUT2D eigenvalue weighted by Gasteiger charge is -2.36. The molecule has 2 aromatic carbocycles. The van der Waals surface area contributed by atoms with E-state index in [0.29, 0.717) is 11.6 Å². The number of methoxy groups -OCH3 is 1. The number of sulfonamides is 1. The number of halogens is 1. The van der Waals surface area contributed by atoms with E-state index in [1.807, 2.05) is 12.1 Å². The number of nitrogens with one attached hydrogen (secondary N) is 1. The summed E-state index contributed by atoms with van der Waals surface area (Å²) in [5.41, 5.74) is 1.20. The molecule has 6 nitrogen and oxygen atoms in total. The summed E-state index contributed by atoms with van der Waals surface area (Å²) in [6, 6.07) is 14.3. The fourth-order valence-corrected chi connectivity index (χ4v) is 4.43. The fraction of sp³-hybridized carbons (Fsp3) is 0.400. The monoisotopic (exact) mass is 423 g/mol. The SMILES string of the molecule is COc1ccc(N2CCN(CCCNS(=O)(=O)c3ccc(Cl)cc3)CC2)cc1. The Kier molecular flexibility index (Phi) is 7.18. The molecule has 0 saturated carbocycles.